The quantitative estimate of drug-likeness (QED) is 0.698. The zero-order chi connectivity index (χ0) is 20.2. The number of anilines is 1. The highest BCUT2D eigenvalue weighted by atomic mass is 32.2. The van der Waals surface area contributed by atoms with Crippen molar-refractivity contribution in [2.75, 3.05) is 4.72 Å². The van der Waals surface area contributed by atoms with Crippen molar-refractivity contribution in [3.8, 4) is 11.6 Å². The lowest BCUT2D eigenvalue weighted by atomic mass is 10.2. The first-order valence-corrected chi connectivity index (χ1v) is 10.5. The smallest absolute Gasteiger partial charge is 0.264 e. The second-order valence-electron chi connectivity index (χ2n) is 7.24. The van der Waals surface area contributed by atoms with Crippen molar-refractivity contribution in [1.29, 1.82) is 0 Å². The van der Waals surface area contributed by atoms with Crippen molar-refractivity contribution >= 4 is 15.7 Å². The summed E-state index contributed by atoms with van der Waals surface area (Å²) in [5.41, 5.74) is 2.31. The molecule has 0 bridgehead atoms. The van der Waals surface area contributed by atoms with Crippen LogP contribution in [0, 0.1) is 26.6 Å². The number of nitrogens with zero attached hydrogens (tertiary/aromatic N) is 3. The number of hydrogen-bond acceptors (Lipinski definition) is 5. The Morgan fingerprint density at radius 1 is 1.21 bits per heavy atom. The molecule has 9 heteroatoms. The lowest BCUT2D eigenvalue weighted by Crippen LogP contribution is -2.15. The van der Waals surface area contributed by atoms with Crippen LogP contribution >= 0.6 is 0 Å². The molecule has 1 saturated carbocycles. The third-order valence-electron chi connectivity index (χ3n) is 5.11. The lowest BCUT2D eigenvalue weighted by molar-refractivity contribution is 0.504. The number of aryl methyl sites for hydroxylation is 1. The summed E-state index contributed by atoms with van der Waals surface area (Å²) in [6, 6.07) is 4.09. The fourth-order valence-electron chi connectivity index (χ4n) is 3.39. The molecular formula is C19H21FN4O3S. The lowest BCUT2D eigenvalue weighted by Gasteiger charge is -2.10. The van der Waals surface area contributed by atoms with Crippen LogP contribution in [-0.2, 0) is 17.1 Å². The molecule has 1 aliphatic carbocycles. The van der Waals surface area contributed by atoms with Gasteiger partial charge in [0.1, 0.15) is 16.4 Å². The van der Waals surface area contributed by atoms with E-state index in [1.165, 1.54) is 18.2 Å². The number of halogens is 1. The van der Waals surface area contributed by atoms with Gasteiger partial charge in [0.15, 0.2) is 0 Å². The molecule has 2 aromatic heterocycles. The predicted octanol–water partition coefficient (Wildman–Crippen LogP) is 3.82. The molecule has 0 amide bonds. The maximum absolute atomic E-state index is 13.5. The molecule has 4 rings (SSSR count). The molecule has 0 aliphatic heterocycles. The summed E-state index contributed by atoms with van der Waals surface area (Å²) in [6.07, 6.45) is 2.07. The summed E-state index contributed by atoms with van der Waals surface area (Å²) >= 11 is 0. The molecule has 28 heavy (non-hydrogen) atoms. The average Bonchev–Trinajstić information content (AvgIpc) is 3.31. The Balaban J connectivity index is 1.75. The minimum absolute atomic E-state index is 0.151. The molecule has 0 radical (unpaired) electrons. The summed E-state index contributed by atoms with van der Waals surface area (Å²) in [6.45, 7) is 5.02. The van der Waals surface area contributed by atoms with E-state index < -0.39 is 10.0 Å². The van der Waals surface area contributed by atoms with Crippen LogP contribution in [-0.4, -0.2) is 23.2 Å². The predicted molar refractivity (Wildman–Crippen MR) is 102 cm³/mol. The van der Waals surface area contributed by atoms with Gasteiger partial charge in [0.05, 0.1) is 0 Å². The first-order chi connectivity index (χ1) is 13.2. The molecule has 3 aromatic rings. The van der Waals surface area contributed by atoms with E-state index in [1.807, 2.05) is 0 Å². The Hall–Kier alpha value is -2.68. The highest BCUT2D eigenvalue weighted by Crippen LogP contribution is 2.41. The van der Waals surface area contributed by atoms with Gasteiger partial charge < -0.3 is 8.98 Å². The zero-order valence-corrected chi connectivity index (χ0v) is 16.9. The average molecular weight is 404 g/mol. The monoisotopic (exact) mass is 404 g/mol. The van der Waals surface area contributed by atoms with E-state index in [1.54, 1.807) is 32.4 Å². The Morgan fingerprint density at radius 2 is 1.93 bits per heavy atom. The van der Waals surface area contributed by atoms with Crippen LogP contribution in [0.3, 0.4) is 0 Å². The van der Waals surface area contributed by atoms with Gasteiger partial charge in [-0.05, 0) is 57.4 Å². The number of rotatable bonds is 5. The molecule has 7 nitrogen and oxygen atoms in total. The minimum Gasteiger partial charge on any atom is -0.419 e. The van der Waals surface area contributed by atoms with Crippen molar-refractivity contribution in [3.63, 3.8) is 0 Å². The van der Waals surface area contributed by atoms with Gasteiger partial charge >= 0.3 is 0 Å². The van der Waals surface area contributed by atoms with Gasteiger partial charge in [0.25, 0.3) is 15.9 Å². The molecule has 1 N–H and O–H groups in total. The molecule has 0 atom stereocenters. The van der Waals surface area contributed by atoms with Gasteiger partial charge in [0.2, 0.25) is 5.89 Å². The van der Waals surface area contributed by atoms with E-state index >= 15 is 0 Å². The number of aromatic nitrogens is 3. The Morgan fingerprint density at radius 3 is 2.57 bits per heavy atom. The van der Waals surface area contributed by atoms with Crippen LogP contribution in [0.15, 0.2) is 27.5 Å². The first kappa shape index (κ1) is 18.7. The van der Waals surface area contributed by atoms with Gasteiger partial charge in [-0.1, -0.05) is 0 Å². The highest BCUT2D eigenvalue weighted by Gasteiger charge is 2.32. The first-order valence-electron chi connectivity index (χ1n) is 8.97. The zero-order valence-electron chi connectivity index (χ0n) is 16.1. The van der Waals surface area contributed by atoms with Gasteiger partial charge in [0, 0.05) is 29.9 Å². The normalized spacial score (nSPS) is 14.5. The number of nitrogens with one attached hydrogen (secondary N) is 1. The largest absolute Gasteiger partial charge is 0.419 e. The van der Waals surface area contributed by atoms with Crippen molar-refractivity contribution in [1.82, 2.24) is 14.8 Å². The molecule has 0 saturated heterocycles. The molecule has 1 aromatic carbocycles. The summed E-state index contributed by atoms with van der Waals surface area (Å²) in [5, 5.41) is 8.21. The van der Waals surface area contributed by atoms with Crippen LogP contribution in [0.2, 0.25) is 0 Å². The maximum atomic E-state index is 13.5. The third kappa shape index (κ3) is 3.09. The SMILES string of the molecule is Cc1cc(NS(=O)(=O)c2c(C)c(-c3nnc(C4CC4)o3)n(C)c2C)ccc1F. The maximum Gasteiger partial charge on any atom is 0.264 e. The van der Waals surface area contributed by atoms with Crippen molar-refractivity contribution in [3.05, 3.63) is 46.7 Å². The van der Waals surface area contributed by atoms with Crippen LogP contribution in [0.25, 0.3) is 11.6 Å². The van der Waals surface area contributed by atoms with E-state index in [4.69, 9.17) is 4.42 Å². The Bertz CT molecular complexity index is 1180. The second-order valence-corrected chi connectivity index (χ2v) is 8.86. The van der Waals surface area contributed by atoms with E-state index in [-0.39, 0.29) is 10.7 Å². The standard InChI is InChI=1S/C19H21FN4O3S/c1-10-9-14(7-8-15(10)20)23-28(25,26)17-11(2)16(24(4)12(17)3)19-22-21-18(27-19)13-5-6-13/h7-9,13,23H,5-6H2,1-4H3. The summed E-state index contributed by atoms with van der Waals surface area (Å²) in [4.78, 5) is 0.151. The van der Waals surface area contributed by atoms with E-state index in [0.717, 1.165) is 12.8 Å². The molecule has 2 heterocycles. The van der Waals surface area contributed by atoms with Gasteiger partial charge in [-0.15, -0.1) is 10.2 Å². The van der Waals surface area contributed by atoms with E-state index in [9.17, 15) is 12.8 Å². The van der Waals surface area contributed by atoms with Gasteiger partial charge in [-0.3, -0.25) is 4.72 Å². The summed E-state index contributed by atoms with van der Waals surface area (Å²) < 4.78 is 49.7. The molecule has 1 fully saturated rings. The molecule has 1 aliphatic rings. The van der Waals surface area contributed by atoms with Gasteiger partial charge in [-0.2, -0.15) is 0 Å². The van der Waals surface area contributed by atoms with E-state index in [0.29, 0.717) is 45.9 Å². The Kier molecular flexibility index (Phi) is 4.29. The number of benzene rings is 1. The minimum atomic E-state index is -3.89. The fourth-order valence-corrected chi connectivity index (χ4v) is 4.96. The summed E-state index contributed by atoms with van der Waals surface area (Å²) in [7, 11) is -2.13. The van der Waals surface area contributed by atoms with Crippen molar-refractivity contribution in [2.45, 2.75) is 44.4 Å². The van der Waals surface area contributed by atoms with Crippen molar-refractivity contribution in [2.24, 2.45) is 7.05 Å². The topological polar surface area (TPSA) is 90.0 Å². The van der Waals surface area contributed by atoms with Crippen LogP contribution in [0.4, 0.5) is 10.1 Å². The molecule has 0 unspecified atom stereocenters. The number of sulfonamides is 1. The molecule has 0 spiro atoms. The Labute approximate surface area is 162 Å². The molecule has 148 valence electrons. The van der Waals surface area contributed by atoms with Crippen molar-refractivity contribution < 1.29 is 17.2 Å². The van der Waals surface area contributed by atoms with Gasteiger partial charge in [-0.25, -0.2) is 12.8 Å². The highest BCUT2D eigenvalue weighted by molar-refractivity contribution is 7.92. The second kappa shape index (κ2) is 6.44. The molecular weight excluding hydrogens is 383 g/mol. The third-order valence-corrected chi connectivity index (χ3v) is 6.76. The number of hydrogen-bond donors (Lipinski definition) is 1. The van der Waals surface area contributed by atoms with E-state index in [2.05, 4.69) is 14.9 Å². The van der Waals surface area contributed by atoms with Crippen LogP contribution in [0.5, 0.6) is 0 Å². The fraction of sp³-hybridized carbons (Fsp3) is 0.368. The van der Waals surface area contributed by atoms with Crippen LogP contribution in [0.1, 0.15) is 41.5 Å². The summed E-state index contributed by atoms with van der Waals surface area (Å²) in [5.74, 6) is 0.830. The van der Waals surface area contributed by atoms with Crippen LogP contribution < -0.4 is 4.72 Å².